The molecule has 2 amide bonds. The molecule has 32 heavy (non-hydrogen) atoms. The van der Waals surface area contributed by atoms with Gasteiger partial charge in [-0.05, 0) is 75.1 Å². The van der Waals surface area contributed by atoms with Crippen molar-refractivity contribution in [2.24, 2.45) is 11.8 Å². The van der Waals surface area contributed by atoms with E-state index in [-0.39, 0.29) is 30.1 Å². The molecule has 4 fully saturated rings. The molecule has 1 N–H and O–H groups in total. The summed E-state index contributed by atoms with van der Waals surface area (Å²) in [5, 5.41) is 3.03. The molecule has 4 aliphatic rings. The van der Waals surface area contributed by atoms with Crippen LogP contribution in [0.2, 0.25) is 5.02 Å². The second kappa shape index (κ2) is 8.84. The Morgan fingerprint density at radius 3 is 2.47 bits per heavy atom. The topological polar surface area (TPSA) is 65.1 Å². The van der Waals surface area contributed by atoms with Crippen molar-refractivity contribution in [2.75, 3.05) is 19.6 Å². The molecular formula is C24H33ClN4O3. The van der Waals surface area contributed by atoms with Crippen LogP contribution in [0.4, 0.5) is 4.79 Å². The van der Waals surface area contributed by atoms with E-state index in [9.17, 15) is 9.59 Å². The van der Waals surface area contributed by atoms with Crippen LogP contribution in [0.15, 0.2) is 24.3 Å². The first-order valence-corrected chi connectivity index (χ1v) is 12.3. The van der Waals surface area contributed by atoms with E-state index in [1.807, 2.05) is 16.7 Å². The zero-order valence-electron chi connectivity index (χ0n) is 18.9. The second-order valence-corrected chi connectivity index (χ2v) is 10.4. The number of piperazine rings is 1. The van der Waals surface area contributed by atoms with Crippen LogP contribution in [-0.2, 0) is 4.79 Å². The van der Waals surface area contributed by atoms with E-state index in [1.54, 1.807) is 31.2 Å². The number of carbonyl (C=O) groups is 2. The van der Waals surface area contributed by atoms with Crippen molar-refractivity contribution in [1.82, 2.24) is 20.2 Å². The van der Waals surface area contributed by atoms with Gasteiger partial charge < -0.3 is 14.5 Å². The third-order valence-corrected chi connectivity index (χ3v) is 8.03. The molecule has 0 bridgehead atoms. The molecule has 2 aliphatic carbocycles. The Morgan fingerprint density at radius 1 is 1.03 bits per heavy atom. The third kappa shape index (κ3) is 4.35. The lowest BCUT2D eigenvalue weighted by molar-refractivity contribution is -0.142. The maximum atomic E-state index is 13.3. The first kappa shape index (κ1) is 22.0. The van der Waals surface area contributed by atoms with Crippen LogP contribution in [0.3, 0.4) is 0 Å². The highest BCUT2D eigenvalue weighted by Gasteiger charge is 2.49. The average molecular weight is 461 g/mol. The molecule has 2 saturated carbocycles. The average Bonchev–Trinajstić information content (AvgIpc) is 3.50. The Bertz CT molecular complexity index is 861. The smallest absolute Gasteiger partial charge is 0.410 e. The van der Waals surface area contributed by atoms with Crippen molar-refractivity contribution in [2.45, 2.75) is 70.1 Å². The monoisotopic (exact) mass is 460 g/mol. The van der Waals surface area contributed by atoms with Crippen LogP contribution in [0.1, 0.15) is 46.0 Å². The maximum Gasteiger partial charge on any atom is 0.415 e. The summed E-state index contributed by atoms with van der Waals surface area (Å²) < 4.78 is 5.72. The Labute approximate surface area is 195 Å². The van der Waals surface area contributed by atoms with Crippen molar-refractivity contribution in [3.8, 4) is 5.75 Å². The fraction of sp³-hybridized carbons (Fsp3) is 0.667. The van der Waals surface area contributed by atoms with Gasteiger partial charge in [-0.2, -0.15) is 0 Å². The molecule has 0 aromatic heterocycles. The molecule has 2 heterocycles. The van der Waals surface area contributed by atoms with E-state index in [0.29, 0.717) is 35.2 Å². The van der Waals surface area contributed by atoms with E-state index in [1.165, 1.54) is 12.8 Å². The maximum absolute atomic E-state index is 13.3. The van der Waals surface area contributed by atoms with Gasteiger partial charge in [0, 0.05) is 43.7 Å². The lowest BCUT2D eigenvalue weighted by Gasteiger charge is -2.54. The summed E-state index contributed by atoms with van der Waals surface area (Å²) in [5.41, 5.74) is 3.60. The number of benzene rings is 1. The zero-order chi connectivity index (χ0) is 22.4. The normalized spacial score (nSPS) is 33.2. The van der Waals surface area contributed by atoms with Gasteiger partial charge in [-0.25, -0.2) is 9.80 Å². The fourth-order valence-corrected chi connectivity index (χ4v) is 6.22. The number of halogens is 1. The molecule has 5 atom stereocenters. The van der Waals surface area contributed by atoms with E-state index >= 15 is 0 Å². The van der Waals surface area contributed by atoms with Gasteiger partial charge in [0.25, 0.3) is 0 Å². The Kier molecular flexibility index (Phi) is 6.07. The summed E-state index contributed by atoms with van der Waals surface area (Å²) in [4.78, 5) is 29.6. The number of hydrogen-bond acceptors (Lipinski definition) is 5. The number of fused-ring (bicyclic) bond motifs is 1. The Balaban J connectivity index is 1.33. The molecule has 174 valence electrons. The van der Waals surface area contributed by atoms with Crippen molar-refractivity contribution in [3.63, 3.8) is 0 Å². The van der Waals surface area contributed by atoms with Crippen LogP contribution in [-0.4, -0.2) is 70.6 Å². The summed E-state index contributed by atoms with van der Waals surface area (Å²) in [5.74, 6) is 1.72. The van der Waals surface area contributed by atoms with Gasteiger partial charge in [-0.3, -0.25) is 10.2 Å². The predicted octanol–water partition coefficient (Wildman–Crippen LogP) is 3.53. The lowest BCUT2D eigenvalue weighted by Crippen LogP contribution is -2.67. The summed E-state index contributed by atoms with van der Waals surface area (Å²) in [7, 11) is 0. The number of ether oxygens (including phenoxy) is 1. The molecule has 4 unspecified atom stereocenters. The summed E-state index contributed by atoms with van der Waals surface area (Å²) in [6, 6.07) is 7.60. The van der Waals surface area contributed by atoms with E-state index in [4.69, 9.17) is 16.3 Å². The van der Waals surface area contributed by atoms with Gasteiger partial charge in [0.2, 0.25) is 5.91 Å². The minimum Gasteiger partial charge on any atom is -0.410 e. The van der Waals surface area contributed by atoms with Gasteiger partial charge in [0.05, 0.1) is 12.1 Å². The van der Waals surface area contributed by atoms with Crippen molar-refractivity contribution in [3.05, 3.63) is 29.3 Å². The van der Waals surface area contributed by atoms with E-state index < -0.39 is 0 Å². The summed E-state index contributed by atoms with van der Waals surface area (Å²) >= 11 is 5.97. The summed E-state index contributed by atoms with van der Waals surface area (Å²) in [6.07, 6.45) is 5.21. The number of nitrogens with zero attached hydrogens (tertiary/aromatic N) is 3. The number of carbonyl (C=O) groups excluding carboxylic acids is 2. The first-order valence-electron chi connectivity index (χ1n) is 11.9. The van der Waals surface area contributed by atoms with Gasteiger partial charge in [0.15, 0.2) is 0 Å². The van der Waals surface area contributed by atoms with Crippen LogP contribution < -0.4 is 10.2 Å². The highest BCUT2D eigenvalue weighted by atomic mass is 35.5. The molecule has 1 aromatic carbocycles. The Morgan fingerprint density at radius 2 is 1.78 bits per heavy atom. The van der Waals surface area contributed by atoms with E-state index in [2.05, 4.69) is 10.4 Å². The molecule has 2 aliphatic heterocycles. The molecule has 0 spiro atoms. The van der Waals surface area contributed by atoms with Crippen molar-refractivity contribution in [1.29, 1.82) is 0 Å². The Hall–Kier alpha value is -1.83. The molecule has 1 aromatic rings. The largest absolute Gasteiger partial charge is 0.415 e. The number of amides is 2. The predicted molar refractivity (Wildman–Crippen MR) is 122 cm³/mol. The molecule has 8 heteroatoms. The quantitative estimate of drug-likeness (QED) is 0.747. The first-order chi connectivity index (χ1) is 15.4. The van der Waals surface area contributed by atoms with Crippen LogP contribution in [0, 0.1) is 11.8 Å². The van der Waals surface area contributed by atoms with Crippen LogP contribution in [0.5, 0.6) is 5.75 Å². The SMILES string of the molecule is CC(=O)N1C2CCC(C3CNN(C4CC4)C3)CC2N(C(=O)Oc2ccc(Cl)cc2)C[C@@H]1C. The second-order valence-electron chi connectivity index (χ2n) is 9.96. The van der Waals surface area contributed by atoms with Gasteiger partial charge in [0.1, 0.15) is 5.75 Å². The minimum absolute atomic E-state index is 0.0105. The van der Waals surface area contributed by atoms with Crippen LogP contribution >= 0.6 is 11.6 Å². The lowest BCUT2D eigenvalue weighted by atomic mass is 9.73. The number of nitrogens with one attached hydrogen (secondary N) is 1. The van der Waals surface area contributed by atoms with Gasteiger partial charge in [-0.1, -0.05) is 11.6 Å². The van der Waals surface area contributed by atoms with E-state index in [0.717, 1.165) is 32.4 Å². The zero-order valence-corrected chi connectivity index (χ0v) is 19.6. The number of rotatable bonds is 3. The molecule has 7 nitrogen and oxygen atoms in total. The van der Waals surface area contributed by atoms with Crippen molar-refractivity contribution < 1.29 is 14.3 Å². The molecule has 0 radical (unpaired) electrons. The standard InChI is InChI=1S/C24H33ClN4O3/c1-15-13-27(24(31)32-21-8-4-19(25)5-9-21)23-11-17(3-10-22(23)29(15)16(2)30)18-12-26-28(14-18)20-6-7-20/h4-5,8-9,15,17-18,20,22-23,26H,3,6-7,10-14H2,1-2H3/t15-,17?,18?,22?,23?/m0/s1. The molecule has 2 saturated heterocycles. The summed E-state index contributed by atoms with van der Waals surface area (Å²) in [6.45, 7) is 6.28. The van der Waals surface area contributed by atoms with Crippen LogP contribution in [0.25, 0.3) is 0 Å². The number of hydrazine groups is 1. The minimum atomic E-state index is -0.331. The highest BCUT2D eigenvalue weighted by molar-refractivity contribution is 6.30. The number of hydrogen-bond donors (Lipinski definition) is 1. The highest BCUT2D eigenvalue weighted by Crippen LogP contribution is 2.41. The fourth-order valence-electron chi connectivity index (χ4n) is 6.10. The third-order valence-electron chi connectivity index (χ3n) is 7.77. The van der Waals surface area contributed by atoms with Gasteiger partial charge >= 0.3 is 6.09 Å². The molecule has 5 rings (SSSR count). The van der Waals surface area contributed by atoms with Crippen molar-refractivity contribution >= 4 is 23.6 Å². The van der Waals surface area contributed by atoms with Gasteiger partial charge in [-0.15, -0.1) is 0 Å². The molecular weight excluding hydrogens is 428 g/mol.